The number of halogens is 3. The largest absolute Gasteiger partial charge is 0.482 e. The Kier molecular flexibility index (Phi) is 9.76. The standard InChI is InChI=1S/C22H25Cl3N2O3/c1-3-4-11-26-22(29)15(2)27(13-16-9-10-17(23)12-19(16)25)21(28)14-30-20-8-6-5-7-18(20)24/h5-10,12,15H,3-4,11,13-14H2,1-2H3,(H,26,29)/t15-/m1/s1. The molecule has 2 rings (SSSR count). The Hall–Kier alpha value is -1.95. The van der Waals surface area contributed by atoms with Gasteiger partial charge in [0.1, 0.15) is 11.8 Å². The van der Waals surface area contributed by atoms with E-state index in [-0.39, 0.29) is 25.0 Å². The Bertz CT molecular complexity index is 876. The third-order valence-corrected chi connectivity index (χ3v) is 5.44. The maximum Gasteiger partial charge on any atom is 0.261 e. The van der Waals surface area contributed by atoms with Crippen LogP contribution >= 0.6 is 34.8 Å². The minimum Gasteiger partial charge on any atom is -0.482 e. The van der Waals surface area contributed by atoms with Crippen LogP contribution in [0.15, 0.2) is 42.5 Å². The van der Waals surface area contributed by atoms with E-state index in [1.807, 2.05) is 6.92 Å². The Morgan fingerprint density at radius 1 is 1.10 bits per heavy atom. The lowest BCUT2D eigenvalue weighted by molar-refractivity contribution is -0.142. The fourth-order valence-corrected chi connectivity index (χ4v) is 3.39. The van der Waals surface area contributed by atoms with Gasteiger partial charge in [-0.1, -0.05) is 66.3 Å². The highest BCUT2D eigenvalue weighted by atomic mass is 35.5. The van der Waals surface area contributed by atoms with Crippen LogP contribution in [0.2, 0.25) is 15.1 Å². The topological polar surface area (TPSA) is 58.6 Å². The van der Waals surface area contributed by atoms with Crippen LogP contribution in [0.4, 0.5) is 0 Å². The predicted molar refractivity (Wildman–Crippen MR) is 121 cm³/mol. The average molecular weight is 472 g/mol. The van der Waals surface area contributed by atoms with E-state index in [1.165, 1.54) is 4.90 Å². The van der Waals surface area contributed by atoms with Crippen molar-refractivity contribution in [3.63, 3.8) is 0 Å². The number of hydrogen-bond acceptors (Lipinski definition) is 3. The van der Waals surface area contributed by atoms with Gasteiger partial charge in [0.25, 0.3) is 5.91 Å². The molecule has 8 heteroatoms. The average Bonchev–Trinajstić information content (AvgIpc) is 2.72. The molecule has 0 fully saturated rings. The van der Waals surface area contributed by atoms with Crippen molar-refractivity contribution in [3.8, 4) is 5.75 Å². The number of nitrogens with zero attached hydrogens (tertiary/aromatic N) is 1. The molecule has 2 aromatic rings. The first-order chi connectivity index (χ1) is 14.3. The molecule has 0 spiro atoms. The van der Waals surface area contributed by atoms with Gasteiger partial charge in [-0.2, -0.15) is 0 Å². The third-order valence-electron chi connectivity index (χ3n) is 4.54. The van der Waals surface area contributed by atoms with Crippen molar-refractivity contribution < 1.29 is 14.3 Å². The molecule has 0 aromatic heterocycles. The van der Waals surface area contributed by atoms with E-state index in [9.17, 15) is 9.59 Å². The summed E-state index contributed by atoms with van der Waals surface area (Å²) in [5, 5.41) is 4.18. The van der Waals surface area contributed by atoms with Gasteiger partial charge < -0.3 is 15.0 Å². The monoisotopic (exact) mass is 470 g/mol. The molecule has 0 unspecified atom stereocenters. The summed E-state index contributed by atoms with van der Waals surface area (Å²) in [5.74, 6) is -0.198. The van der Waals surface area contributed by atoms with Gasteiger partial charge in [0, 0.05) is 23.1 Å². The molecule has 0 radical (unpaired) electrons. The summed E-state index contributed by atoms with van der Waals surface area (Å²) >= 11 is 18.4. The maximum atomic E-state index is 13.0. The van der Waals surface area contributed by atoms with E-state index in [4.69, 9.17) is 39.5 Å². The molecule has 0 saturated heterocycles. The Morgan fingerprint density at radius 3 is 2.50 bits per heavy atom. The lowest BCUT2D eigenvalue weighted by Gasteiger charge is -2.29. The number of ether oxygens (including phenoxy) is 1. The summed E-state index contributed by atoms with van der Waals surface area (Å²) in [6, 6.07) is 11.2. The minimum absolute atomic E-state index is 0.142. The Balaban J connectivity index is 2.17. The molecule has 162 valence electrons. The van der Waals surface area contributed by atoms with Crippen molar-refractivity contribution in [2.24, 2.45) is 0 Å². The highest BCUT2D eigenvalue weighted by molar-refractivity contribution is 6.35. The highest BCUT2D eigenvalue weighted by Gasteiger charge is 2.27. The fourth-order valence-electron chi connectivity index (χ4n) is 2.74. The number of para-hydroxylation sites is 1. The summed E-state index contributed by atoms with van der Waals surface area (Å²) in [7, 11) is 0. The second-order valence-electron chi connectivity index (χ2n) is 6.80. The number of unbranched alkanes of at least 4 members (excludes halogenated alkanes) is 1. The van der Waals surface area contributed by atoms with E-state index in [0.717, 1.165) is 12.8 Å². The van der Waals surface area contributed by atoms with Crippen LogP contribution in [-0.2, 0) is 16.1 Å². The van der Waals surface area contributed by atoms with Crippen LogP contribution in [-0.4, -0.2) is 35.9 Å². The zero-order valence-electron chi connectivity index (χ0n) is 17.0. The maximum absolute atomic E-state index is 13.0. The van der Waals surface area contributed by atoms with Crippen LogP contribution in [0, 0.1) is 0 Å². The molecular weight excluding hydrogens is 447 g/mol. The van der Waals surface area contributed by atoms with E-state index < -0.39 is 6.04 Å². The predicted octanol–water partition coefficient (Wildman–Crippen LogP) is 5.36. The summed E-state index contributed by atoms with van der Waals surface area (Å²) in [6.45, 7) is 4.16. The number of amides is 2. The number of carbonyl (C=O) groups excluding carboxylic acids is 2. The van der Waals surface area contributed by atoms with Crippen molar-refractivity contribution in [2.45, 2.75) is 39.3 Å². The van der Waals surface area contributed by atoms with Crippen molar-refractivity contribution in [2.75, 3.05) is 13.2 Å². The van der Waals surface area contributed by atoms with E-state index in [2.05, 4.69) is 5.32 Å². The van der Waals surface area contributed by atoms with Crippen molar-refractivity contribution in [1.82, 2.24) is 10.2 Å². The first-order valence-corrected chi connectivity index (χ1v) is 10.8. The van der Waals surface area contributed by atoms with Crippen LogP contribution < -0.4 is 10.1 Å². The highest BCUT2D eigenvalue weighted by Crippen LogP contribution is 2.25. The third kappa shape index (κ3) is 7.08. The van der Waals surface area contributed by atoms with Gasteiger partial charge in [0.05, 0.1) is 5.02 Å². The van der Waals surface area contributed by atoms with Crippen LogP contribution in [0.25, 0.3) is 0 Å². The molecule has 0 aliphatic heterocycles. The van der Waals surface area contributed by atoms with Gasteiger partial charge >= 0.3 is 0 Å². The molecule has 0 saturated carbocycles. The SMILES string of the molecule is CCCCNC(=O)[C@@H](C)N(Cc1ccc(Cl)cc1Cl)C(=O)COc1ccccc1Cl. The lowest BCUT2D eigenvalue weighted by atomic mass is 10.1. The molecule has 1 atom stereocenters. The Morgan fingerprint density at radius 2 is 1.83 bits per heavy atom. The van der Waals surface area contributed by atoms with E-state index in [0.29, 0.717) is 32.9 Å². The molecule has 0 heterocycles. The molecule has 0 bridgehead atoms. The van der Waals surface area contributed by atoms with Crippen LogP contribution in [0.3, 0.4) is 0 Å². The quantitative estimate of drug-likeness (QED) is 0.475. The fraction of sp³-hybridized carbons (Fsp3) is 0.364. The smallest absolute Gasteiger partial charge is 0.261 e. The number of rotatable bonds is 10. The molecule has 0 aliphatic carbocycles. The van der Waals surface area contributed by atoms with Crippen molar-refractivity contribution >= 4 is 46.6 Å². The van der Waals surface area contributed by atoms with Gasteiger partial charge in [0.15, 0.2) is 6.61 Å². The number of benzene rings is 2. The van der Waals surface area contributed by atoms with Crippen LogP contribution in [0.1, 0.15) is 32.3 Å². The molecular formula is C22H25Cl3N2O3. The lowest BCUT2D eigenvalue weighted by Crippen LogP contribution is -2.49. The van der Waals surface area contributed by atoms with Crippen molar-refractivity contribution in [1.29, 1.82) is 0 Å². The zero-order chi connectivity index (χ0) is 22.1. The second kappa shape index (κ2) is 12.0. The van der Waals surface area contributed by atoms with Crippen molar-refractivity contribution in [3.05, 3.63) is 63.1 Å². The summed E-state index contributed by atoms with van der Waals surface area (Å²) < 4.78 is 5.59. The summed E-state index contributed by atoms with van der Waals surface area (Å²) in [5.41, 5.74) is 0.681. The number of carbonyl (C=O) groups is 2. The minimum atomic E-state index is -0.712. The number of hydrogen-bond donors (Lipinski definition) is 1. The van der Waals surface area contributed by atoms with E-state index >= 15 is 0 Å². The molecule has 2 amide bonds. The van der Waals surface area contributed by atoms with Crippen LogP contribution in [0.5, 0.6) is 5.75 Å². The number of nitrogens with one attached hydrogen (secondary N) is 1. The van der Waals surface area contributed by atoms with Gasteiger partial charge in [0.2, 0.25) is 5.91 Å². The normalized spacial score (nSPS) is 11.6. The molecule has 0 aliphatic rings. The van der Waals surface area contributed by atoms with E-state index in [1.54, 1.807) is 49.4 Å². The summed E-state index contributed by atoms with van der Waals surface area (Å²) in [6.07, 6.45) is 1.83. The Labute approximate surface area is 192 Å². The first-order valence-electron chi connectivity index (χ1n) is 9.72. The zero-order valence-corrected chi connectivity index (χ0v) is 19.2. The summed E-state index contributed by atoms with van der Waals surface area (Å²) in [4.78, 5) is 27.0. The molecule has 2 aromatic carbocycles. The second-order valence-corrected chi connectivity index (χ2v) is 8.05. The van der Waals surface area contributed by atoms with Gasteiger partial charge in [-0.05, 0) is 43.2 Å². The first kappa shape index (κ1) is 24.3. The molecule has 30 heavy (non-hydrogen) atoms. The van der Waals surface area contributed by atoms with Gasteiger partial charge in [-0.25, -0.2) is 0 Å². The van der Waals surface area contributed by atoms with Gasteiger partial charge in [-0.15, -0.1) is 0 Å². The molecule has 1 N–H and O–H groups in total. The molecule has 5 nitrogen and oxygen atoms in total. The van der Waals surface area contributed by atoms with Gasteiger partial charge in [-0.3, -0.25) is 9.59 Å².